The molecule has 3 N–H and O–H groups in total. The number of carboxylic acids is 1. The summed E-state index contributed by atoms with van der Waals surface area (Å²) in [7, 11) is 0. The summed E-state index contributed by atoms with van der Waals surface area (Å²) in [5.41, 5.74) is 5.81. The molecule has 94 valence electrons. The Hall–Kier alpha value is -1.20. The lowest BCUT2D eigenvalue weighted by atomic mass is 10.2. The number of carbonyl (C=O) groups is 1. The van der Waals surface area contributed by atoms with E-state index in [1.807, 2.05) is 6.92 Å². The number of hydrogen-bond acceptors (Lipinski definition) is 4. The Morgan fingerprint density at radius 2 is 2.24 bits per heavy atom. The van der Waals surface area contributed by atoms with Crippen LogP contribution in [0.5, 0.6) is 5.75 Å². The van der Waals surface area contributed by atoms with Gasteiger partial charge in [0.25, 0.3) is 0 Å². The summed E-state index contributed by atoms with van der Waals surface area (Å²) < 4.78 is 5.44. The van der Waals surface area contributed by atoms with E-state index in [1.165, 1.54) is 6.07 Å². The van der Waals surface area contributed by atoms with Crippen LogP contribution in [0.15, 0.2) is 24.3 Å². The molecule has 17 heavy (non-hydrogen) atoms. The van der Waals surface area contributed by atoms with Crippen molar-refractivity contribution in [3.63, 3.8) is 0 Å². The van der Waals surface area contributed by atoms with Crippen LogP contribution in [0.1, 0.15) is 17.3 Å². The molecule has 0 radical (unpaired) electrons. The van der Waals surface area contributed by atoms with E-state index in [4.69, 9.17) is 15.6 Å². The average Bonchev–Trinajstić information content (AvgIpc) is 2.28. The first kappa shape index (κ1) is 13.9. The van der Waals surface area contributed by atoms with E-state index in [-0.39, 0.29) is 11.6 Å². The molecule has 0 bridgehead atoms. The number of rotatable bonds is 7. The number of aromatic carboxylic acids is 1. The molecule has 0 spiro atoms. The van der Waals surface area contributed by atoms with Crippen LogP contribution in [0.25, 0.3) is 0 Å². The normalized spacial score (nSPS) is 12.1. The van der Waals surface area contributed by atoms with Gasteiger partial charge in [-0.1, -0.05) is 12.1 Å². The molecule has 1 atom stereocenters. The summed E-state index contributed by atoms with van der Waals surface area (Å²) >= 11 is 1.70. The molecule has 5 heteroatoms. The van der Waals surface area contributed by atoms with Gasteiger partial charge in [-0.05, 0) is 19.1 Å². The van der Waals surface area contributed by atoms with Crippen LogP contribution >= 0.6 is 11.8 Å². The molecule has 0 aromatic heterocycles. The van der Waals surface area contributed by atoms with E-state index < -0.39 is 5.97 Å². The zero-order valence-corrected chi connectivity index (χ0v) is 10.6. The maximum absolute atomic E-state index is 10.9. The third-order valence-corrected chi connectivity index (χ3v) is 3.20. The first-order chi connectivity index (χ1) is 8.11. The van der Waals surface area contributed by atoms with Crippen molar-refractivity contribution in [1.82, 2.24) is 0 Å². The maximum atomic E-state index is 10.9. The first-order valence-electron chi connectivity index (χ1n) is 5.39. The molecule has 1 aromatic rings. The predicted octanol–water partition coefficient (Wildman–Crippen LogP) is 1.84. The maximum Gasteiger partial charge on any atom is 0.339 e. The Morgan fingerprint density at radius 1 is 1.53 bits per heavy atom. The highest BCUT2D eigenvalue weighted by Gasteiger charge is 2.09. The Morgan fingerprint density at radius 3 is 2.88 bits per heavy atom. The quantitative estimate of drug-likeness (QED) is 0.727. The largest absolute Gasteiger partial charge is 0.492 e. The van der Waals surface area contributed by atoms with E-state index >= 15 is 0 Å². The number of benzene rings is 1. The summed E-state index contributed by atoms with van der Waals surface area (Å²) in [4.78, 5) is 10.9. The van der Waals surface area contributed by atoms with E-state index in [1.54, 1.807) is 30.0 Å². The fourth-order valence-corrected chi connectivity index (χ4v) is 1.99. The minimum atomic E-state index is -0.969. The van der Waals surface area contributed by atoms with Gasteiger partial charge in [0, 0.05) is 17.5 Å². The summed E-state index contributed by atoms with van der Waals surface area (Å²) in [5.74, 6) is 1.13. The smallest absolute Gasteiger partial charge is 0.339 e. The number of hydrogen-bond donors (Lipinski definition) is 2. The minimum absolute atomic E-state index is 0.173. The van der Waals surface area contributed by atoms with Gasteiger partial charge in [0.05, 0.1) is 6.61 Å². The van der Waals surface area contributed by atoms with Crippen LogP contribution < -0.4 is 10.5 Å². The highest BCUT2D eigenvalue weighted by atomic mass is 32.2. The van der Waals surface area contributed by atoms with Gasteiger partial charge in [0.2, 0.25) is 0 Å². The molecule has 1 aromatic carbocycles. The van der Waals surface area contributed by atoms with Gasteiger partial charge in [-0.2, -0.15) is 11.8 Å². The third-order valence-electron chi connectivity index (χ3n) is 1.98. The molecule has 1 rings (SSSR count). The Labute approximate surface area is 105 Å². The molecule has 0 saturated carbocycles. The summed E-state index contributed by atoms with van der Waals surface area (Å²) in [6.45, 7) is 2.44. The Kier molecular flexibility index (Phi) is 5.86. The summed E-state index contributed by atoms with van der Waals surface area (Å²) in [6, 6.07) is 6.82. The molecule has 0 saturated heterocycles. The molecule has 0 amide bonds. The van der Waals surface area contributed by atoms with Crippen molar-refractivity contribution in [2.45, 2.75) is 13.0 Å². The van der Waals surface area contributed by atoms with Gasteiger partial charge in [0.1, 0.15) is 11.3 Å². The predicted molar refractivity (Wildman–Crippen MR) is 69.9 cm³/mol. The molecule has 1 unspecified atom stereocenters. The van der Waals surface area contributed by atoms with E-state index in [2.05, 4.69) is 0 Å². The molecular weight excluding hydrogens is 238 g/mol. The molecule has 4 nitrogen and oxygen atoms in total. The van der Waals surface area contributed by atoms with Gasteiger partial charge in [-0.25, -0.2) is 4.79 Å². The number of para-hydroxylation sites is 1. The number of thioether (sulfide) groups is 1. The standard InChI is InChI=1S/C12H17NO3S/c1-9(13)8-17-7-6-16-11-5-3-2-4-10(11)12(14)15/h2-5,9H,6-8,13H2,1H3,(H,14,15). The lowest BCUT2D eigenvalue weighted by Crippen LogP contribution is -2.18. The van der Waals surface area contributed by atoms with Crippen LogP contribution in [0.3, 0.4) is 0 Å². The molecule has 0 aliphatic rings. The van der Waals surface area contributed by atoms with Gasteiger partial charge < -0.3 is 15.6 Å². The second kappa shape index (κ2) is 7.19. The van der Waals surface area contributed by atoms with E-state index in [0.717, 1.165) is 11.5 Å². The van der Waals surface area contributed by atoms with E-state index in [0.29, 0.717) is 12.4 Å². The number of nitrogens with two attached hydrogens (primary N) is 1. The second-order valence-electron chi connectivity index (χ2n) is 3.70. The van der Waals surface area contributed by atoms with Crippen LogP contribution in [0, 0.1) is 0 Å². The average molecular weight is 255 g/mol. The molecule has 0 aliphatic heterocycles. The first-order valence-corrected chi connectivity index (χ1v) is 6.55. The van der Waals surface area contributed by atoms with Gasteiger partial charge in [-0.15, -0.1) is 0 Å². The van der Waals surface area contributed by atoms with Crippen molar-refractivity contribution >= 4 is 17.7 Å². The molecule has 0 heterocycles. The zero-order chi connectivity index (χ0) is 12.7. The van der Waals surface area contributed by atoms with Gasteiger partial charge >= 0.3 is 5.97 Å². The fourth-order valence-electron chi connectivity index (χ4n) is 1.25. The van der Waals surface area contributed by atoms with Crippen LogP contribution in [0.4, 0.5) is 0 Å². The summed E-state index contributed by atoms with van der Waals surface area (Å²) in [6.07, 6.45) is 0. The lowest BCUT2D eigenvalue weighted by molar-refractivity contribution is 0.0692. The fraction of sp³-hybridized carbons (Fsp3) is 0.417. The molecule has 0 fully saturated rings. The van der Waals surface area contributed by atoms with Crippen molar-refractivity contribution in [2.75, 3.05) is 18.1 Å². The lowest BCUT2D eigenvalue weighted by Gasteiger charge is -2.09. The van der Waals surface area contributed by atoms with Crippen molar-refractivity contribution < 1.29 is 14.6 Å². The van der Waals surface area contributed by atoms with Crippen molar-refractivity contribution in [1.29, 1.82) is 0 Å². The second-order valence-corrected chi connectivity index (χ2v) is 4.85. The number of carboxylic acid groups (broad SMARTS) is 1. The van der Waals surface area contributed by atoms with Crippen LogP contribution in [0.2, 0.25) is 0 Å². The Bertz CT molecular complexity index is 369. The van der Waals surface area contributed by atoms with Crippen molar-refractivity contribution in [2.24, 2.45) is 5.73 Å². The van der Waals surface area contributed by atoms with Crippen molar-refractivity contribution in [3.8, 4) is 5.75 Å². The molecule has 0 aliphatic carbocycles. The van der Waals surface area contributed by atoms with Gasteiger partial charge in [-0.3, -0.25) is 0 Å². The summed E-state index contributed by atoms with van der Waals surface area (Å²) in [5, 5.41) is 8.94. The zero-order valence-electron chi connectivity index (χ0n) is 9.76. The monoisotopic (exact) mass is 255 g/mol. The van der Waals surface area contributed by atoms with Crippen LogP contribution in [-0.2, 0) is 0 Å². The highest BCUT2D eigenvalue weighted by Crippen LogP contribution is 2.18. The number of ether oxygens (including phenoxy) is 1. The third kappa shape index (κ3) is 5.10. The van der Waals surface area contributed by atoms with E-state index in [9.17, 15) is 4.79 Å². The van der Waals surface area contributed by atoms with Gasteiger partial charge in [0.15, 0.2) is 0 Å². The molecular formula is C12H17NO3S. The Balaban J connectivity index is 2.39. The van der Waals surface area contributed by atoms with Crippen molar-refractivity contribution in [3.05, 3.63) is 29.8 Å². The SMILES string of the molecule is CC(N)CSCCOc1ccccc1C(=O)O. The topological polar surface area (TPSA) is 72.5 Å². The van der Waals surface area contributed by atoms with Crippen LogP contribution in [-0.4, -0.2) is 35.2 Å². The highest BCUT2D eigenvalue weighted by molar-refractivity contribution is 7.99. The minimum Gasteiger partial charge on any atom is -0.492 e.